The number of nitrogens with two attached hydrogens (primary N) is 1. The number of nitrogen functional groups attached to an aromatic ring is 1. The highest BCUT2D eigenvalue weighted by atomic mass is 19.1. The van der Waals surface area contributed by atoms with Crippen LogP contribution in [0.2, 0.25) is 0 Å². The average Bonchev–Trinajstić information content (AvgIpc) is 2.34. The maximum Gasteiger partial charge on any atom is 0.123 e. The molecule has 0 atom stereocenters. The van der Waals surface area contributed by atoms with Gasteiger partial charge in [-0.15, -0.1) is 0 Å². The Bertz CT molecular complexity index is 414. The number of halogens is 1. The van der Waals surface area contributed by atoms with Crippen LogP contribution in [-0.2, 0) is 12.8 Å². The molecule has 0 saturated carbocycles. The maximum atomic E-state index is 12.7. The molecular weight excluding hydrogens is 213 g/mol. The minimum atomic E-state index is -0.174. The molecule has 0 aliphatic heterocycles. The van der Waals surface area contributed by atoms with Crippen molar-refractivity contribution >= 4 is 5.69 Å². The molecule has 0 fully saturated rings. The van der Waals surface area contributed by atoms with Crippen LogP contribution in [0.15, 0.2) is 48.5 Å². The largest absolute Gasteiger partial charge is 0.399 e. The van der Waals surface area contributed by atoms with Crippen LogP contribution in [0.4, 0.5) is 10.1 Å². The first kappa shape index (κ1) is 11.6. The SMILES string of the molecule is Nc1ccc(CCCc2ccc(F)cc2)cc1. The van der Waals surface area contributed by atoms with E-state index in [-0.39, 0.29) is 5.82 Å². The summed E-state index contributed by atoms with van der Waals surface area (Å²) >= 11 is 0. The lowest BCUT2D eigenvalue weighted by molar-refractivity contribution is 0.626. The van der Waals surface area contributed by atoms with Crippen LogP contribution in [0, 0.1) is 5.82 Å². The Balaban J connectivity index is 1.83. The van der Waals surface area contributed by atoms with Gasteiger partial charge in [0, 0.05) is 5.69 Å². The number of aryl methyl sites for hydroxylation is 2. The molecule has 2 aromatic carbocycles. The third-order valence-electron chi connectivity index (χ3n) is 2.82. The van der Waals surface area contributed by atoms with Gasteiger partial charge in [-0.3, -0.25) is 0 Å². The van der Waals surface area contributed by atoms with Gasteiger partial charge in [-0.25, -0.2) is 4.39 Å². The van der Waals surface area contributed by atoms with E-state index >= 15 is 0 Å². The lowest BCUT2D eigenvalue weighted by Gasteiger charge is -2.03. The first-order valence-corrected chi connectivity index (χ1v) is 5.83. The van der Waals surface area contributed by atoms with Crippen molar-refractivity contribution in [2.24, 2.45) is 0 Å². The fourth-order valence-electron chi connectivity index (χ4n) is 1.83. The molecule has 0 heterocycles. The van der Waals surface area contributed by atoms with Gasteiger partial charge >= 0.3 is 0 Å². The summed E-state index contributed by atoms with van der Waals surface area (Å²) in [7, 11) is 0. The zero-order valence-electron chi connectivity index (χ0n) is 9.70. The predicted molar refractivity (Wildman–Crippen MR) is 69.3 cm³/mol. The molecule has 0 saturated heterocycles. The molecule has 0 aromatic heterocycles. The summed E-state index contributed by atoms with van der Waals surface area (Å²) in [6.07, 6.45) is 3.07. The van der Waals surface area contributed by atoms with Gasteiger partial charge in [0.25, 0.3) is 0 Å². The Kier molecular flexibility index (Phi) is 3.76. The zero-order valence-corrected chi connectivity index (χ0v) is 9.70. The quantitative estimate of drug-likeness (QED) is 0.797. The van der Waals surface area contributed by atoms with Crippen LogP contribution in [0.3, 0.4) is 0 Å². The summed E-state index contributed by atoms with van der Waals surface area (Å²) < 4.78 is 12.7. The van der Waals surface area contributed by atoms with Gasteiger partial charge in [0.2, 0.25) is 0 Å². The molecule has 17 heavy (non-hydrogen) atoms. The second kappa shape index (κ2) is 5.48. The maximum absolute atomic E-state index is 12.7. The summed E-state index contributed by atoms with van der Waals surface area (Å²) in [5, 5.41) is 0. The van der Waals surface area contributed by atoms with Gasteiger partial charge in [0.05, 0.1) is 0 Å². The van der Waals surface area contributed by atoms with Crippen LogP contribution < -0.4 is 5.73 Å². The highest BCUT2D eigenvalue weighted by Crippen LogP contribution is 2.11. The topological polar surface area (TPSA) is 26.0 Å². The zero-order chi connectivity index (χ0) is 12.1. The Hall–Kier alpha value is -1.83. The van der Waals surface area contributed by atoms with E-state index < -0.39 is 0 Å². The van der Waals surface area contributed by atoms with Gasteiger partial charge in [0.1, 0.15) is 5.82 Å². The van der Waals surface area contributed by atoms with Crippen LogP contribution in [0.5, 0.6) is 0 Å². The molecule has 2 heteroatoms. The number of anilines is 1. The van der Waals surface area contributed by atoms with Crippen LogP contribution >= 0.6 is 0 Å². The van der Waals surface area contributed by atoms with E-state index in [0.717, 1.165) is 24.9 Å². The predicted octanol–water partition coefficient (Wildman–Crippen LogP) is 3.58. The normalized spacial score (nSPS) is 10.4. The number of rotatable bonds is 4. The van der Waals surface area contributed by atoms with Crippen molar-refractivity contribution < 1.29 is 4.39 Å². The van der Waals surface area contributed by atoms with E-state index in [1.54, 1.807) is 0 Å². The van der Waals surface area contributed by atoms with Crippen molar-refractivity contribution in [1.29, 1.82) is 0 Å². The molecule has 0 amide bonds. The second-order valence-electron chi connectivity index (χ2n) is 4.22. The molecule has 0 radical (unpaired) electrons. The van der Waals surface area contributed by atoms with Crippen molar-refractivity contribution in [2.75, 3.05) is 5.73 Å². The van der Waals surface area contributed by atoms with E-state index in [1.807, 2.05) is 24.3 Å². The Labute approximate surface area is 101 Å². The van der Waals surface area contributed by atoms with Crippen molar-refractivity contribution in [1.82, 2.24) is 0 Å². The van der Waals surface area contributed by atoms with Crippen LogP contribution in [0.25, 0.3) is 0 Å². The fraction of sp³-hybridized carbons (Fsp3) is 0.200. The van der Waals surface area contributed by atoms with Gasteiger partial charge in [-0.2, -0.15) is 0 Å². The van der Waals surface area contributed by atoms with Gasteiger partial charge in [-0.1, -0.05) is 24.3 Å². The lowest BCUT2D eigenvalue weighted by Crippen LogP contribution is -1.91. The molecule has 1 nitrogen and oxygen atoms in total. The minimum Gasteiger partial charge on any atom is -0.399 e. The highest BCUT2D eigenvalue weighted by molar-refractivity contribution is 5.39. The smallest absolute Gasteiger partial charge is 0.123 e. The first-order valence-electron chi connectivity index (χ1n) is 5.83. The van der Waals surface area contributed by atoms with Crippen molar-refractivity contribution in [3.63, 3.8) is 0 Å². The molecule has 2 N–H and O–H groups in total. The summed E-state index contributed by atoms with van der Waals surface area (Å²) in [5.74, 6) is -0.174. The Morgan fingerprint density at radius 2 is 1.24 bits per heavy atom. The molecule has 0 aliphatic carbocycles. The van der Waals surface area contributed by atoms with Gasteiger partial charge in [-0.05, 0) is 54.7 Å². The molecular formula is C15H16FN. The summed E-state index contributed by atoms with van der Waals surface area (Å²) in [5.41, 5.74) is 8.90. The standard InChI is InChI=1S/C15H16FN/c16-14-8-4-12(5-9-14)2-1-3-13-6-10-15(17)11-7-13/h4-11H,1-3,17H2. The lowest BCUT2D eigenvalue weighted by atomic mass is 10.0. The van der Waals surface area contributed by atoms with E-state index in [0.29, 0.717) is 0 Å². The molecule has 2 aromatic rings. The second-order valence-corrected chi connectivity index (χ2v) is 4.22. The number of benzene rings is 2. The fourth-order valence-corrected chi connectivity index (χ4v) is 1.83. The van der Waals surface area contributed by atoms with Gasteiger partial charge in [0.15, 0.2) is 0 Å². The molecule has 2 rings (SSSR count). The molecule has 0 unspecified atom stereocenters. The summed E-state index contributed by atoms with van der Waals surface area (Å²) in [6.45, 7) is 0. The third kappa shape index (κ3) is 3.59. The molecule has 88 valence electrons. The first-order chi connectivity index (χ1) is 8.24. The monoisotopic (exact) mass is 229 g/mol. The van der Waals surface area contributed by atoms with Crippen molar-refractivity contribution in [2.45, 2.75) is 19.3 Å². The molecule has 0 spiro atoms. The van der Waals surface area contributed by atoms with E-state index in [1.165, 1.54) is 23.3 Å². The molecule has 0 bridgehead atoms. The summed E-state index contributed by atoms with van der Waals surface area (Å²) in [4.78, 5) is 0. The van der Waals surface area contributed by atoms with Crippen molar-refractivity contribution in [3.05, 3.63) is 65.5 Å². The van der Waals surface area contributed by atoms with Crippen LogP contribution in [0.1, 0.15) is 17.5 Å². The number of hydrogen-bond donors (Lipinski definition) is 1. The van der Waals surface area contributed by atoms with Crippen LogP contribution in [-0.4, -0.2) is 0 Å². The Morgan fingerprint density at radius 3 is 1.76 bits per heavy atom. The number of hydrogen-bond acceptors (Lipinski definition) is 1. The summed E-state index contributed by atoms with van der Waals surface area (Å²) in [6, 6.07) is 14.7. The third-order valence-corrected chi connectivity index (χ3v) is 2.82. The highest BCUT2D eigenvalue weighted by Gasteiger charge is 1.96. The Morgan fingerprint density at radius 1 is 0.765 bits per heavy atom. The van der Waals surface area contributed by atoms with E-state index in [2.05, 4.69) is 12.1 Å². The van der Waals surface area contributed by atoms with Gasteiger partial charge < -0.3 is 5.73 Å². The van der Waals surface area contributed by atoms with E-state index in [4.69, 9.17) is 5.73 Å². The van der Waals surface area contributed by atoms with E-state index in [9.17, 15) is 4.39 Å². The van der Waals surface area contributed by atoms with Crippen molar-refractivity contribution in [3.8, 4) is 0 Å². The minimum absolute atomic E-state index is 0.174. The molecule has 0 aliphatic rings. The average molecular weight is 229 g/mol.